The maximum absolute atomic E-state index is 2.44. The Balaban J connectivity index is 1.69. The molecule has 1 heterocycles. The van der Waals surface area contributed by atoms with Gasteiger partial charge in [-0.05, 0) is 42.5 Å². The van der Waals surface area contributed by atoms with E-state index in [-0.39, 0.29) is 0 Å². The minimum Gasteiger partial charge on any atom is -0.282 e. The molecular formula is C24H22INS. The number of fused-ring (bicyclic) bond motifs is 3. The van der Waals surface area contributed by atoms with Gasteiger partial charge in [-0.2, -0.15) is 0 Å². The van der Waals surface area contributed by atoms with Crippen LogP contribution in [-0.4, -0.2) is 0 Å². The molecule has 27 heavy (non-hydrogen) atoms. The first-order valence-corrected chi connectivity index (χ1v) is 11.6. The number of thiophene rings is 1. The largest absolute Gasteiger partial charge is 0.282 e. The maximum atomic E-state index is 2.44. The van der Waals surface area contributed by atoms with Gasteiger partial charge in [-0.15, -0.1) is 11.3 Å². The quantitative estimate of drug-likeness (QED) is 0.208. The molecule has 0 aliphatic heterocycles. The monoisotopic (exact) mass is 483 g/mol. The predicted octanol–water partition coefficient (Wildman–Crippen LogP) is 8.59. The van der Waals surface area contributed by atoms with Gasteiger partial charge in [-0.25, -0.2) is 0 Å². The van der Waals surface area contributed by atoms with Crippen LogP contribution < -0.4 is 3.11 Å². The first kappa shape index (κ1) is 17.5. The molecule has 1 aromatic heterocycles. The Kier molecular flexibility index (Phi) is 4.82. The maximum Gasteiger partial charge on any atom is 0.0689 e. The molecule has 0 spiro atoms. The van der Waals surface area contributed by atoms with Crippen molar-refractivity contribution in [3.05, 3.63) is 72.3 Å². The number of halogens is 1. The van der Waals surface area contributed by atoms with Gasteiger partial charge in [0.05, 0.1) is 38.9 Å². The lowest BCUT2D eigenvalue weighted by Crippen LogP contribution is -2.04. The van der Waals surface area contributed by atoms with E-state index in [4.69, 9.17) is 0 Å². The van der Waals surface area contributed by atoms with Gasteiger partial charge in [0.25, 0.3) is 0 Å². The molecule has 5 rings (SSSR count). The number of hydrogen-bond acceptors (Lipinski definition) is 2. The summed E-state index contributed by atoms with van der Waals surface area (Å²) in [6, 6.07) is 24.3. The standard InChI is InChI=1S/C24H22INS/c25-26(18-11-5-2-6-12-18)22-16-8-15-21-20-14-7-13-19(23(20)27-24(21)22)17-9-3-1-4-10-17/h2,5-8,11-17H,1,3-4,9-10H2. The Bertz CT molecular complexity index is 1080. The van der Waals surface area contributed by atoms with Crippen molar-refractivity contribution in [1.29, 1.82) is 0 Å². The summed E-state index contributed by atoms with van der Waals surface area (Å²) >= 11 is 4.42. The van der Waals surface area contributed by atoms with Gasteiger partial charge < -0.3 is 0 Å². The summed E-state index contributed by atoms with van der Waals surface area (Å²) in [4.78, 5) is 0. The third kappa shape index (κ3) is 3.15. The zero-order valence-corrected chi connectivity index (χ0v) is 18.2. The molecule has 0 atom stereocenters. The van der Waals surface area contributed by atoms with Gasteiger partial charge in [-0.1, -0.05) is 67.8 Å². The smallest absolute Gasteiger partial charge is 0.0689 e. The molecular weight excluding hydrogens is 461 g/mol. The van der Waals surface area contributed by atoms with Gasteiger partial charge in [0, 0.05) is 15.5 Å². The van der Waals surface area contributed by atoms with E-state index in [9.17, 15) is 0 Å². The van der Waals surface area contributed by atoms with Gasteiger partial charge in [-0.3, -0.25) is 3.11 Å². The van der Waals surface area contributed by atoms with Crippen LogP contribution in [0.25, 0.3) is 20.2 Å². The summed E-state index contributed by atoms with van der Waals surface area (Å²) in [6.45, 7) is 0. The van der Waals surface area contributed by atoms with E-state index in [1.54, 1.807) is 5.56 Å². The third-order valence-corrected chi connectivity index (χ3v) is 8.14. The van der Waals surface area contributed by atoms with Crippen molar-refractivity contribution >= 4 is 65.7 Å². The Morgan fingerprint density at radius 3 is 2.22 bits per heavy atom. The highest BCUT2D eigenvalue weighted by molar-refractivity contribution is 14.1. The summed E-state index contributed by atoms with van der Waals surface area (Å²) in [7, 11) is 0. The molecule has 1 fully saturated rings. The van der Waals surface area contributed by atoms with Crippen LogP contribution in [-0.2, 0) is 0 Å². The van der Waals surface area contributed by atoms with Crippen molar-refractivity contribution in [3.63, 3.8) is 0 Å². The fraction of sp³-hybridized carbons (Fsp3) is 0.250. The Morgan fingerprint density at radius 1 is 0.741 bits per heavy atom. The Hall–Kier alpha value is -1.59. The number of anilines is 2. The second-order valence-corrected chi connectivity index (χ2v) is 9.42. The highest BCUT2D eigenvalue weighted by atomic mass is 127. The average molecular weight is 483 g/mol. The molecule has 0 radical (unpaired) electrons. The van der Waals surface area contributed by atoms with Gasteiger partial charge in [0.1, 0.15) is 0 Å². The topological polar surface area (TPSA) is 3.24 Å². The number of hydrogen-bond donors (Lipinski definition) is 0. The highest BCUT2D eigenvalue weighted by Crippen LogP contribution is 2.46. The minimum atomic E-state index is 0.740. The second kappa shape index (κ2) is 7.44. The number of nitrogens with zero attached hydrogens (tertiary/aromatic N) is 1. The van der Waals surface area contributed by atoms with Crippen molar-refractivity contribution < 1.29 is 0 Å². The van der Waals surface area contributed by atoms with Crippen LogP contribution in [0.15, 0.2) is 66.7 Å². The normalized spacial score (nSPS) is 15.4. The lowest BCUT2D eigenvalue weighted by atomic mass is 9.84. The fourth-order valence-corrected chi connectivity index (χ4v) is 6.70. The van der Waals surface area contributed by atoms with Gasteiger partial charge >= 0.3 is 0 Å². The average Bonchev–Trinajstić information content (AvgIpc) is 3.13. The molecule has 0 saturated heterocycles. The van der Waals surface area contributed by atoms with Gasteiger partial charge in [0.15, 0.2) is 0 Å². The van der Waals surface area contributed by atoms with Crippen LogP contribution in [0.5, 0.6) is 0 Å². The lowest BCUT2D eigenvalue weighted by molar-refractivity contribution is 0.446. The summed E-state index contributed by atoms with van der Waals surface area (Å²) in [6.07, 6.45) is 6.87. The van der Waals surface area contributed by atoms with Crippen molar-refractivity contribution in [2.45, 2.75) is 38.0 Å². The molecule has 4 aromatic rings. The van der Waals surface area contributed by atoms with E-state index in [0.717, 1.165) is 5.92 Å². The van der Waals surface area contributed by atoms with E-state index in [1.165, 1.54) is 63.7 Å². The van der Waals surface area contributed by atoms with Crippen molar-refractivity contribution in [3.8, 4) is 0 Å². The molecule has 1 aliphatic carbocycles. The minimum absolute atomic E-state index is 0.740. The fourth-order valence-electron chi connectivity index (χ4n) is 4.41. The molecule has 3 heteroatoms. The summed E-state index contributed by atoms with van der Waals surface area (Å²) < 4.78 is 5.19. The van der Waals surface area contributed by atoms with Crippen LogP contribution in [0.2, 0.25) is 0 Å². The van der Waals surface area contributed by atoms with Crippen LogP contribution in [0.3, 0.4) is 0 Å². The SMILES string of the molecule is IN(c1ccccc1)c1cccc2c1sc1c(C3CCCCC3)cccc12. The first-order chi connectivity index (χ1) is 13.3. The van der Waals surface area contributed by atoms with E-state index < -0.39 is 0 Å². The highest BCUT2D eigenvalue weighted by Gasteiger charge is 2.21. The van der Waals surface area contributed by atoms with Crippen LogP contribution in [0.1, 0.15) is 43.6 Å². The van der Waals surface area contributed by atoms with Crippen LogP contribution in [0, 0.1) is 0 Å². The van der Waals surface area contributed by atoms with E-state index in [1.807, 2.05) is 11.3 Å². The zero-order valence-electron chi connectivity index (χ0n) is 15.2. The number of benzene rings is 3. The predicted molar refractivity (Wildman–Crippen MR) is 128 cm³/mol. The summed E-state index contributed by atoms with van der Waals surface area (Å²) in [5.41, 5.74) is 4.09. The molecule has 0 bridgehead atoms. The van der Waals surface area contributed by atoms with Crippen LogP contribution >= 0.6 is 34.2 Å². The van der Waals surface area contributed by atoms with E-state index in [2.05, 4.69) is 92.7 Å². The lowest BCUT2D eigenvalue weighted by Gasteiger charge is -2.22. The number of para-hydroxylation sites is 1. The van der Waals surface area contributed by atoms with E-state index >= 15 is 0 Å². The number of rotatable bonds is 3. The first-order valence-electron chi connectivity index (χ1n) is 9.78. The van der Waals surface area contributed by atoms with Crippen molar-refractivity contribution in [2.75, 3.05) is 3.11 Å². The second-order valence-electron chi connectivity index (χ2n) is 7.43. The van der Waals surface area contributed by atoms with E-state index in [0.29, 0.717) is 0 Å². The Labute approximate surface area is 178 Å². The zero-order chi connectivity index (χ0) is 18.2. The molecule has 0 unspecified atom stereocenters. The van der Waals surface area contributed by atoms with Crippen LogP contribution in [0.4, 0.5) is 11.4 Å². The molecule has 3 aromatic carbocycles. The van der Waals surface area contributed by atoms with Gasteiger partial charge in [0.2, 0.25) is 0 Å². The molecule has 0 N–H and O–H groups in total. The molecule has 1 aliphatic rings. The molecule has 1 saturated carbocycles. The molecule has 0 amide bonds. The molecule has 1 nitrogen and oxygen atoms in total. The third-order valence-electron chi connectivity index (χ3n) is 5.77. The summed E-state index contributed by atoms with van der Waals surface area (Å²) in [5, 5.41) is 2.82. The van der Waals surface area contributed by atoms with Crippen molar-refractivity contribution in [2.24, 2.45) is 0 Å². The molecule has 136 valence electrons. The summed E-state index contributed by atoms with van der Waals surface area (Å²) in [5.74, 6) is 0.740. The van der Waals surface area contributed by atoms with Crippen molar-refractivity contribution in [1.82, 2.24) is 0 Å². The Morgan fingerprint density at radius 2 is 1.44 bits per heavy atom.